The van der Waals surface area contributed by atoms with Crippen molar-refractivity contribution >= 4 is 43.6 Å². The van der Waals surface area contributed by atoms with E-state index in [1.165, 1.54) is 22.1 Å². The van der Waals surface area contributed by atoms with Gasteiger partial charge in [-0.2, -0.15) is 9.97 Å². The molecule has 290 valence electrons. The molecular formula is C57H37N5. The first-order valence-electron chi connectivity index (χ1n) is 21.0. The molecule has 12 aromatic rings. The maximum Gasteiger partial charge on any atom is 0.238 e. The maximum atomic E-state index is 5.45. The Morgan fingerprint density at radius 3 is 1.31 bits per heavy atom. The molecule has 0 fully saturated rings. The van der Waals surface area contributed by atoms with E-state index in [2.05, 4.69) is 209 Å². The lowest BCUT2D eigenvalue weighted by molar-refractivity contribution is 0.953. The summed E-state index contributed by atoms with van der Waals surface area (Å²) in [5.74, 6) is 1.77. The summed E-state index contributed by atoms with van der Waals surface area (Å²) < 4.78 is 4.70. The third-order valence-electron chi connectivity index (χ3n) is 12.0. The van der Waals surface area contributed by atoms with E-state index >= 15 is 0 Å². The summed E-state index contributed by atoms with van der Waals surface area (Å²) in [6, 6.07) is 79.2. The number of para-hydroxylation sites is 2. The van der Waals surface area contributed by atoms with E-state index in [1.807, 2.05) is 24.3 Å². The highest BCUT2D eigenvalue weighted by molar-refractivity contribution is 6.23. The third-order valence-corrected chi connectivity index (χ3v) is 12.0. The van der Waals surface area contributed by atoms with Crippen LogP contribution < -0.4 is 0 Å². The molecule has 0 amide bonds. The van der Waals surface area contributed by atoms with Gasteiger partial charge in [0.25, 0.3) is 0 Å². The van der Waals surface area contributed by atoms with Gasteiger partial charge < -0.3 is 4.57 Å². The average Bonchev–Trinajstić information content (AvgIpc) is 3.88. The molecule has 5 heteroatoms. The normalized spacial score (nSPS) is 11.5. The minimum atomic E-state index is 0.552. The number of aromatic nitrogens is 5. The van der Waals surface area contributed by atoms with Crippen molar-refractivity contribution in [1.82, 2.24) is 24.1 Å². The van der Waals surface area contributed by atoms with Gasteiger partial charge in [-0.3, -0.25) is 4.57 Å². The first-order chi connectivity index (χ1) is 30.8. The molecule has 3 aromatic heterocycles. The van der Waals surface area contributed by atoms with Gasteiger partial charge in [0.1, 0.15) is 0 Å². The zero-order valence-electron chi connectivity index (χ0n) is 33.6. The molecule has 12 rings (SSSR count). The summed E-state index contributed by atoms with van der Waals surface area (Å²) in [5, 5.41) is 4.57. The standard InChI is InChI=1S/C57H37N5/c1-5-19-38(20-6-1)43-27-13-14-30-49(43)56-58-55(41-25-11-4-12-26-41)59-57(60-56)62-52-32-18-16-29-46(52)48-36-35-47-45-28-15-17-31-51(45)61(53(47)54(48)62)42-33-34-44(39-21-7-2-8-22-39)50(37-42)40-23-9-3-10-24-40/h1-37H. The molecule has 62 heavy (non-hydrogen) atoms. The molecule has 0 aliphatic rings. The lowest BCUT2D eigenvalue weighted by atomic mass is 9.94. The number of benzene rings is 9. The second-order valence-corrected chi connectivity index (χ2v) is 15.6. The Bertz CT molecular complexity index is 3610. The zero-order valence-corrected chi connectivity index (χ0v) is 33.6. The Morgan fingerprint density at radius 2 is 0.710 bits per heavy atom. The lowest BCUT2D eigenvalue weighted by Crippen LogP contribution is -2.07. The summed E-state index contributed by atoms with van der Waals surface area (Å²) in [4.78, 5) is 16.0. The molecule has 5 nitrogen and oxygen atoms in total. The van der Waals surface area contributed by atoms with Gasteiger partial charge in [0.2, 0.25) is 5.95 Å². The predicted molar refractivity (Wildman–Crippen MR) is 256 cm³/mol. The highest BCUT2D eigenvalue weighted by Crippen LogP contribution is 2.43. The second kappa shape index (κ2) is 14.7. The predicted octanol–water partition coefficient (Wildman–Crippen LogP) is 14.4. The average molecular weight is 792 g/mol. The zero-order chi connectivity index (χ0) is 41.0. The number of hydrogen-bond acceptors (Lipinski definition) is 3. The highest BCUT2D eigenvalue weighted by Gasteiger charge is 2.24. The van der Waals surface area contributed by atoms with Gasteiger partial charge in [0.05, 0.1) is 22.1 Å². The molecule has 3 heterocycles. The highest BCUT2D eigenvalue weighted by atomic mass is 15.2. The van der Waals surface area contributed by atoms with Crippen molar-refractivity contribution in [3.63, 3.8) is 0 Å². The molecule has 0 radical (unpaired) electrons. The van der Waals surface area contributed by atoms with Gasteiger partial charge in [0.15, 0.2) is 11.6 Å². The van der Waals surface area contributed by atoms with Crippen LogP contribution in [0.2, 0.25) is 0 Å². The minimum Gasteiger partial charge on any atom is -0.307 e. The van der Waals surface area contributed by atoms with Gasteiger partial charge in [-0.05, 0) is 57.6 Å². The molecule has 9 aromatic carbocycles. The van der Waals surface area contributed by atoms with Gasteiger partial charge in [-0.15, -0.1) is 0 Å². The molecule has 0 aliphatic carbocycles. The van der Waals surface area contributed by atoms with Crippen LogP contribution in [0.25, 0.3) is 111 Å². The number of hydrogen-bond donors (Lipinski definition) is 0. The number of fused-ring (bicyclic) bond motifs is 7. The van der Waals surface area contributed by atoms with Crippen LogP contribution in [0.5, 0.6) is 0 Å². The molecule has 0 spiro atoms. The minimum absolute atomic E-state index is 0.552. The van der Waals surface area contributed by atoms with Crippen LogP contribution in [0.1, 0.15) is 0 Å². The quantitative estimate of drug-likeness (QED) is 0.162. The summed E-state index contributed by atoms with van der Waals surface area (Å²) in [5.41, 5.74) is 14.0. The fourth-order valence-electron chi connectivity index (χ4n) is 9.22. The molecular weight excluding hydrogens is 755 g/mol. The lowest BCUT2D eigenvalue weighted by Gasteiger charge is -2.16. The molecule has 0 atom stereocenters. The van der Waals surface area contributed by atoms with E-state index < -0.39 is 0 Å². The van der Waals surface area contributed by atoms with E-state index in [0.717, 1.165) is 71.7 Å². The number of nitrogens with zero attached hydrogens (tertiary/aromatic N) is 5. The van der Waals surface area contributed by atoms with Crippen LogP contribution >= 0.6 is 0 Å². The van der Waals surface area contributed by atoms with Crippen LogP contribution in [0, 0.1) is 0 Å². The van der Waals surface area contributed by atoms with Crippen molar-refractivity contribution in [2.24, 2.45) is 0 Å². The molecule has 0 bridgehead atoms. The third kappa shape index (κ3) is 5.82. The topological polar surface area (TPSA) is 48.5 Å². The fraction of sp³-hybridized carbons (Fsp3) is 0. The van der Waals surface area contributed by atoms with E-state index in [9.17, 15) is 0 Å². The smallest absolute Gasteiger partial charge is 0.238 e. The summed E-state index contributed by atoms with van der Waals surface area (Å²) >= 11 is 0. The summed E-state index contributed by atoms with van der Waals surface area (Å²) in [6.45, 7) is 0. The van der Waals surface area contributed by atoms with Crippen molar-refractivity contribution in [2.75, 3.05) is 0 Å². The number of rotatable bonds is 7. The van der Waals surface area contributed by atoms with Crippen LogP contribution in [-0.4, -0.2) is 24.1 Å². The van der Waals surface area contributed by atoms with E-state index in [0.29, 0.717) is 17.6 Å². The Labute approximate surface area is 358 Å². The first kappa shape index (κ1) is 35.5. The fourth-order valence-corrected chi connectivity index (χ4v) is 9.22. The summed E-state index contributed by atoms with van der Waals surface area (Å²) in [7, 11) is 0. The van der Waals surface area contributed by atoms with Crippen molar-refractivity contribution in [1.29, 1.82) is 0 Å². The second-order valence-electron chi connectivity index (χ2n) is 15.6. The molecule has 0 unspecified atom stereocenters. The van der Waals surface area contributed by atoms with Gasteiger partial charge in [-0.25, -0.2) is 4.98 Å². The first-order valence-corrected chi connectivity index (χ1v) is 21.0. The molecule has 0 saturated carbocycles. The van der Waals surface area contributed by atoms with Crippen LogP contribution in [0.15, 0.2) is 224 Å². The van der Waals surface area contributed by atoms with Crippen LogP contribution in [-0.2, 0) is 0 Å². The molecule has 0 N–H and O–H groups in total. The van der Waals surface area contributed by atoms with Crippen LogP contribution in [0.4, 0.5) is 0 Å². The van der Waals surface area contributed by atoms with Gasteiger partial charge >= 0.3 is 0 Å². The SMILES string of the molecule is c1ccc(-c2nc(-c3ccccc3-c3ccccc3)nc(-n3c4ccccc4c4ccc5c6ccccc6n(-c6ccc(-c7ccccc7)c(-c7ccccc7)c6)c5c43)n2)cc1. The van der Waals surface area contributed by atoms with Crippen molar-refractivity contribution in [2.45, 2.75) is 0 Å². The monoisotopic (exact) mass is 791 g/mol. The van der Waals surface area contributed by atoms with E-state index in [1.54, 1.807) is 0 Å². The van der Waals surface area contributed by atoms with Crippen LogP contribution in [0.3, 0.4) is 0 Å². The van der Waals surface area contributed by atoms with E-state index in [4.69, 9.17) is 15.0 Å². The van der Waals surface area contributed by atoms with E-state index in [-0.39, 0.29) is 0 Å². The Hall–Kier alpha value is -8.41. The molecule has 0 aliphatic heterocycles. The molecule has 0 saturated heterocycles. The van der Waals surface area contributed by atoms with Gasteiger partial charge in [-0.1, -0.05) is 200 Å². The van der Waals surface area contributed by atoms with Crippen molar-refractivity contribution in [3.8, 4) is 67.8 Å². The Morgan fingerprint density at radius 1 is 0.274 bits per heavy atom. The van der Waals surface area contributed by atoms with Crippen molar-refractivity contribution in [3.05, 3.63) is 224 Å². The summed E-state index contributed by atoms with van der Waals surface area (Å²) in [6.07, 6.45) is 0. The largest absolute Gasteiger partial charge is 0.307 e. The van der Waals surface area contributed by atoms with Crippen molar-refractivity contribution < 1.29 is 0 Å². The Balaban J connectivity index is 1.20. The maximum absolute atomic E-state index is 5.45. The van der Waals surface area contributed by atoms with Gasteiger partial charge in [0, 0.05) is 38.4 Å². The Kier molecular flexibility index (Phi) is 8.42.